The van der Waals surface area contributed by atoms with Gasteiger partial charge in [0.15, 0.2) is 5.13 Å². The molecule has 20 heavy (non-hydrogen) atoms. The van der Waals surface area contributed by atoms with Crippen LogP contribution >= 0.6 is 46.3 Å². The molecule has 0 aliphatic carbocycles. The average Bonchev–Trinajstić information content (AvgIpc) is 3.02. The van der Waals surface area contributed by atoms with Crippen molar-refractivity contribution in [1.29, 1.82) is 0 Å². The van der Waals surface area contributed by atoms with Crippen LogP contribution in [0.4, 0.5) is 10.8 Å². The summed E-state index contributed by atoms with van der Waals surface area (Å²) in [7, 11) is 0. The van der Waals surface area contributed by atoms with E-state index >= 15 is 0 Å². The van der Waals surface area contributed by atoms with E-state index in [9.17, 15) is 4.79 Å². The number of nitrogens with zero attached hydrogens (tertiary/aromatic N) is 3. The normalized spacial score (nSPS) is 10.9. The molecule has 0 spiro atoms. The van der Waals surface area contributed by atoms with Crippen LogP contribution in [0.1, 0.15) is 10.5 Å². The van der Waals surface area contributed by atoms with Crippen molar-refractivity contribution in [2.75, 3.05) is 11.1 Å². The number of hydrogen-bond donors (Lipinski definition) is 2. The lowest BCUT2D eigenvalue weighted by molar-refractivity contribution is 0.102. The van der Waals surface area contributed by atoms with Crippen molar-refractivity contribution in [3.05, 3.63) is 27.2 Å². The molecule has 1 aromatic carbocycles. The van der Waals surface area contributed by atoms with E-state index in [-0.39, 0.29) is 10.7 Å². The number of thiazole rings is 1. The number of halogens is 2. The minimum Gasteiger partial charge on any atom is -0.375 e. The SMILES string of the molecule is Nc1nc(C(=O)Nc2c(Cl)cc(Cl)c3nsnc23)cs1. The lowest BCUT2D eigenvalue weighted by atomic mass is 10.2. The number of aromatic nitrogens is 3. The fraction of sp³-hybridized carbons (Fsp3) is 0. The number of amides is 1. The molecule has 2 heterocycles. The van der Waals surface area contributed by atoms with Gasteiger partial charge >= 0.3 is 0 Å². The monoisotopic (exact) mass is 345 g/mol. The van der Waals surface area contributed by atoms with Crippen LogP contribution in [0.2, 0.25) is 10.0 Å². The van der Waals surface area contributed by atoms with E-state index < -0.39 is 5.91 Å². The van der Waals surface area contributed by atoms with Gasteiger partial charge in [0.2, 0.25) is 0 Å². The Balaban J connectivity index is 2.02. The molecule has 0 saturated heterocycles. The van der Waals surface area contributed by atoms with Crippen molar-refractivity contribution in [1.82, 2.24) is 13.7 Å². The molecule has 0 radical (unpaired) electrons. The number of fused-ring (bicyclic) bond motifs is 1. The van der Waals surface area contributed by atoms with Gasteiger partial charge in [0.05, 0.1) is 27.5 Å². The van der Waals surface area contributed by atoms with Crippen LogP contribution in [0.25, 0.3) is 11.0 Å². The second-order valence-electron chi connectivity index (χ2n) is 3.70. The molecule has 3 rings (SSSR count). The van der Waals surface area contributed by atoms with Gasteiger partial charge in [-0.3, -0.25) is 4.79 Å². The molecule has 0 saturated carbocycles. The number of benzene rings is 1. The standard InChI is InChI=1S/C10H5Cl2N5OS2/c11-3-1-4(12)7-8(17-20-16-7)6(3)15-9(18)5-2-19-10(13)14-5/h1-2H,(H2,13,14)(H,15,18). The zero-order valence-electron chi connectivity index (χ0n) is 9.55. The molecule has 6 nitrogen and oxygen atoms in total. The lowest BCUT2D eigenvalue weighted by Crippen LogP contribution is -2.13. The molecule has 0 aliphatic rings. The average molecular weight is 346 g/mol. The van der Waals surface area contributed by atoms with Gasteiger partial charge in [0, 0.05) is 5.38 Å². The maximum absolute atomic E-state index is 12.1. The van der Waals surface area contributed by atoms with Gasteiger partial charge in [-0.25, -0.2) is 4.98 Å². The van der Waals surface area contributed by atoms with E-state index in [1.807, 2.05) is 0 Å². The van der Waals surface area contributed by atoms with E-state index in [0.29, 0.717) is 26.9 Å². The molecule has 0 atom stereocenters. The summed E-state index contributed by atoms with van der Waals surface area (Å²) in [4.78, 5) is 16.0. The molecule has 10 heteroatoms. The molecule has 1 amide bonds. The topological polar surface area (TPSA) is 93.8 Å². The second-order valence-corrected chi connectivity index (χ2v) is 5.93. The summed E-state index contributed by atoms with van der Waals surface area (Å²) in [5, 5.41) is 5.21. The smallest absolute Gasteiger partial charge is 0.275 e. The van der Waals surface area contributed by atoms with Crippen LogP contribution in [0, 0.1) is 0 Å². The quantitative estimate of drug-likeness (QED) is 0.743. The van der Waals surface area contributed by atoms with E-state index in [1.165, 1.54) is 17.4 Å². The fourth-order valence-electron chi connectivity index (χ4n) is 1.56. The van der Waals surface area contributed by atoms with Crippen molar-refractivity contribution in [3.63, 3.8) is 0 Å². The van der Waals surface area contributed by atoms with E-state index in [2.05, 4.69) is 19.0 Å². The van der Waals surface area contributed by atoms with Crippen molar-refractivity contribution in [2.45, 2.75) is 0 Å². The Labute approximate surface area is 130 Å². The zero-order valence-corrected chi connectivity index (χ0v) is 12.7. The van der Waals surface area contributed by atoms with E-state index in [1.54, 1.807) is 5.38 Å². The first-order valence-corrected chi connectivity index (χ1v) is 7.55. The fourth-order valence-corrected chi connectivity index (χ4v) is 3.27. The highest BCUT2D eigenvalue weighted by Crippen LogP contribution is 2.35. The maximum atomic E-state index is 12.1. The van der Waals surface area contributed by atoms with Gasteiger partial charge in [-0.1, -0.05) is 23.2 Å². The summed E-state index contributed by atoms with van der Waals surface area (Å²) in [5.74, 6) is -0.420. The largest absolute Gasteiger partial charge is 0.375 e. The number of nitrogen functional groups attached to an aromatic ring is 1. The number of anilines is 2. The number of hydrogen-bond acceptors (Lipinski definition) is 7. The van der Waals surface area contributed by atoms with Crippen LogP contribution in [0.3, 0.4) is 0 Å². The van der Waals surface area contributed by atoms with Crippen molar-refractivity contribution in [2.24, 2.45) is 0 Å². The van der Waals surface area contributed by atoms with E-state index in [0.717, 1.165) is 11.7 Å². The molecule has 102 valence electrons. The number of carbonyl (C=O) groups is 1. The number of rotatable bonds is 2. The summed E-state index contributed by atoms with van der Waals surface area (Å²) in [6, 6.07) is 1.51. The Kier molecular flexibility index (Phi) is 3.47. The van der Waals surface area contributed by atoms with Crippen molar-refractivity contribution in [3.8, 4) is 0 Å². The molecular formula is C10H5Cl2N5OS2. The van der Waals surface area contributed by atoms with Crippen molar-refractivity contribution >= 4 is 74.0 Å². The highest BCUT2D eigenvalue weighted by Gasteiger charge is 2.18. The van der Waals surface area contributed by atoms with Crippen LogP contribution < -0.4 is 11.1 Å². The van der Waals surface area contributed by atoms with Crippen LogP contribution in [-0.4, -0.2) is 19.6 Å². The maximum Gasteiger partial charge on any atom is 0.275 e. The predicted octanol–water partition coefficient (Wildman–Crippen LogP) is 3.29. The third-order valence-corrected chi connectivity index (χ3v) is 4.23. The zero-order chi connectivity index (χ0) is 14.3. The summed E-state index contributed by atoms with van der Waals surface area (Å²) in [6.07, 6.45) is 0. The number of carbonyl (C=O) groups excluding carboxylic acids is 1. The van der Waals surface area contributed by atoms with Gasteiger partial charge in [-0.15, -0.1) is 11.3 Å². The third kappa shape index (κ3) is 2.31. The third-order valence-electron chi connectivity index (χ3n) is 2.44. The summed E-state index contributed by atoms with van der Waals surface area (Å²) >= 11 is 14.3. The van der Waals surface area contributed by atoms with Crippen LogP contribution in [0.15, 0.2) is 11.4 Å². The molecular weight excluding hydrogens is 341 g/mol. The van der Waals surface area contributed by atoms with Gasteiger partial charge in [-0.05, 0) is 6.07 Å². The number of nitrogens with one attached hydrogen (secondary N) is 1. The molecule has 0 unspecified atom stereocenters. The molecule has 0 aliphatic heterocycles. The van der Waals surface area contributed by atoms with Gasteiger partial charge < -0.3 is 11.1 Å². The highest BCUT2D eigenvalue weighted by molar-refractivity contribution is 7.13. The Morgan fingerprint density at radius 3 is 2.70 bits per heavy atom. The summed E-state index contributed by atoms with van der Waals surface area (Å²) in [6.45, 7) is 0. The Morgan fingerprint density at radius 2 is 2.00 bits per heavy atom. The minimum atomic E-state index is -0.420. The minimum absolute atomic E-state index is 0.217. The molecule has 0 bridgehead atoms. The first-order chi connectivity index (χ1) is 9.56. The second kappa shape index (κ2) is 5.13. The molecule has 0 fully saturated rings. The summed E-state index contributed by atoms with van der Waals surface area (Å²) in [5.41, 5.74) is 7.01. The van der Waals surface area contributed by atoms with Gasteiger partial charge in [0.25, 0.3) is 5.91 Å². The van der Waals surface area contributed by atoms with Gasteiger partial charge in [0.1, 0.15) is 16.7 Å². The molecule has 2 aromatic heterocycles. The predicted molar refractivity (Wildman–Crippen MR) is 81.9 cm³/mol. The Bertz CT molecular complexity index is 815. The van der Waals surface area contributed by atoms with Crippen LogP contribution in [-0.2, 0) is 0 Å². The van der Waals surface area contributed by atoms with Crippen LogP contribution in [0.5, 0.6) is 0 Å². The Hall–Kier alpha value is -1.48. The van der Waals surface area contributed by atoms with E-state index in [4.69, 9.17) is 28.9 Å². The first-order valence-electron chi connectivity index (χ1n) is 5.19. The van der Waals surface area contributed by atoms with Crippen molar-refractivity contribution < 1.29 is 4.79 Å². The summed E-state index contributed by atoms with van der Waals surface area (Å²) < 4.78 is 8.16. The number of nitrogens with two attached hydrogens (primary N) is 1. The highest BCUT2D eigenvalue weighted by atomic mass is 35.5. The lowest BCUT2D eigenvalue weighted by Gasteiger charge is -2.07. The Morgan fingerprint density at radius 1 is 1.25 bits per heavy atom. The first kappa shape index (κ1) is 13.5. The van der Waals surface area contributed by atoms with Gasteiger partial charge in [-0.2, -0.15) is 8.75 Å². The molecule has 3 aromatic rings. The molecule has 3 N–H and O–H groups in total.